The van der Waals surface area contributed by atoms with Crippen LogP contribution in [0.25, 0.3) is 0 Å². The van der Waals surface area contributed by atoms with Crippen molar-refractivity contribution >= 4 is 106 Å². The minimum atomic E-state index is -1.05. The summed E-state index contributed by atoms with van der Waals surface area (Å²) >= 11 is 9.95. The smallest absolute Gasteiger partial charge is 0.397 e. The summed E-state index contributed by atoms with van der Waals surface area (Å²) in [5.41, 5.74) is 0.349. The van der Waals surface area contributed by atoms with Crippen LogP contribution in [-0.4, -0.2) is 49.5 Å². The molecule has 14 heteroatoms. The number of ether oxygens (including phenoxy) is 2. The molecule has 0 saturated heterocycles. The van der Waals surface area contributed by atoms with Gasteiger partial charge in [-0.15, -0.1) is 23.5 Å². The van der Waals surface area contributed by atoms with Gasteiger partial charge in [-0.05, 0) is 38.5 Å². The molecule has 0 bridgehead atoms. The highest BCUT2D eigenvalue weighted by Crippen LogP contribution is 2.64. The molecule has 0 aromatic heterocycles. The Bertz CT molecular complexity index is 1020. The molecule has 0 aliphatic carbocycles. The van der Waals surface area contributed by atoms with Crippen LogP contribution in [0.15, 0.2) is 38.9 Å². The second-order valence-electron chi connectivity index (χ2n) is 6.16. The van der Waals surface area contributed by atoms with Gasteiger partial charge in [-0.2, -0.15) is 0 Å². The van der Waals surface area contributed by atoms with E-state index in [9.17, 15) is 19.2 Å². The van der Waals surface area contributed by atoms with Gasteiger partial charge >= 0.3 is 23.8 Å². The Balaban J connectivity index is 1.90. The fraction of sp³-hybridized carbons (Fsp3) is 0.300. The lowest BCUT2D eigenvalue weighted by atomic mass is 10.2. The number of carbonyl (C=O) groups is 4. The molecule has 0 radical (unpaired) electrons. The Hall–Kier alpha value is -1.32. The highest BCUT2D eigenvalue weighted by Gasteiger charge is 2.30. The van der Waals surface area contributed by atoms with E-state index in [0.717, 1.165) is 18.3 Å². The molecule has 182 valence electrons. The summed E-state index contributed by atoms with van der Waals surface area (Å²) in [5, 5.41) is 4.95. The van der Waals surface area contributed by atoms with Crippen LogP contribution in [0.5, 0.6) is 0 Å². The number of hydrogen-bond acceptors (Lipinski definition) is 12. The van der Waals surface area contributed by atoms with Crippen LogP contribution in [0.3, 0.4) is 0 Å². The topological polar surface area (TPSA) is 111 Å². The minimum absolute atomic E-state index is 0.0474. The van der Waals surface area contributed by atoms with Gasteiger partial charge in [0.2, 0.25) is 0 Å². The maximum atomic E-state index is 12.3. The Morgan fingerprint density at radius 3 is 1.47 bits per heavy atom. The molecule has 2 amide bonds. The van der Waals surface area contributed by atoms with Crippen molar-refractivity contribution in [2.75, 3.05) is 36.4 Å². The summed E-state index contributed by atoms with van der Waals surface area (Å²) in [6.07, 6.45) is 4.10. The van der Waals surface area contributed by atoms with E-state index >= 15 is 0 Å². The van der Waals surface area contributed by atoms with Gasteiger partial charge in [0.1, 0.15) is 0 Å². The average Bonchev–Trinajstić information content (AvgIpc) is 3.42. The first kappa shape index (κ1) is 27.3. The minimum Gasteiger partial charge on any atom is -0.459 e. The molecule has 2 heterocycles. The lowest BCUT2D eigenvalue weighted by Gasteiger charge is -2.13. The quantitative estimate of drug-likeness (QED) is 0.336. The van der Waals surface area contributed by atoms with E-state index in [4.69, 9.17) is 9.47 Å². The molecule has 8 nitrogen and oxygen atoms in total. The molecular formula is C20H20N2O6S6. The van der Waals surface area contributed by atoms with Crippen LogP contribution in [-0.2, 0) is 28.7 Å². The van der Waals surface area contributed by atoms with E-state index in [-0.39, 0.29) is 24.6 Å². The number of hydrogen-bond donors (Lipinski definition) is 2. The molecule has 0 unspecified atom stereocenters. The fourth-order valence-electron chi connectivity index (χ4n) is 2.58. The highest BCUT2D eigenvalue weighted by molar-refractivity contribution is 8.41. The molecule has 2 aliphatic rings. The van der Waals surface area contributed by atoms with Crippen molar-refractivity contribution in [2.24, 2.45) is 0 Å². The number of esters is 2. The zero-order chi connectivity index (χ0) is 24.8. The lowest BCUT2D eigenvalue weighted by Crippen LogP contribution is -2.28. The number of thioether (sulfide) groups is 6. The summed E-state index contributed by atoms with van der Waals surface area (Å²) in [4.78, 5) is 49.9. The van der Waals surface area contributed by atoms with E-state index in [1.54, 1.807) is 96.6 Å². The standard InChI is InChI=1S/C20H20N2O6S6/c1-5-27-15(25)13(23)21-9-7-11-12(8-10(9)22-14(24)16(26)28-6-2)32-19(31-11)20-33-17(29-3)18(30-4)34-20/h7-8H,5-6H2,1-4H3,(H,21,23)(H,22,24). The third-order valence-corrected chi connectivity index (χ3v) is 12.2. The van der Waals surface area contributed by atoms with Crippen molar-refractivity contribution in [1.82, 2.24) is 0 Å². The van der Waals surface area contributed by atoms with Crippen molar-refractivity contribution < 1.29 is 28.7 Å². The number of rotatable bonds is 6. The number of benzene rings is 1. The molecule has 0 fully saturated rings. The average molecular weight is 577 g/mol. The third-order valence-electron chi connectivity index (χ3n) is 3.98. The normalized spacial score (nSPS) is 14.7. The van der Waals surface area contributed by atoms with Crippen LogP contribution < -0.4 is 10.6 Å². The zero-order valence-electron chi connectivity index (χ0n) is 18.5. The molecule has 0 spiro atoms. The summed E-state index contributed by atoms with van der Waals surface area (Å²) in [6.45, 7) is 3.28. The summed E-state index contributed by atoms with van der Waals surface area (Å²) in [6, 6.07) is 3.34. The Morgan fingerprint density at radius 2 is 1.12 bits per heavy atom. The summed E-state index contributed by atoms with van der Waals surface area (Å²) in [7, 11) is 0. The van der Waals surface area contributed by atoms with Gasteiger partial charge in [-0.1, -0.05) is 47.0 Å². The summed E-state index contributed by atoms with van der Waals surface area (Å²) in [5.74, 6) is -4.06. The Morgan fingerprint density at radius 1 is 0.735 bits per heavy atom. The number of carbonyl (C=O) groups excluding carboxylic acids is 4. The van der Waals surface area contributed by atoms with Crippen molar-refractivity contribution in [2.45, 2.75) is 23.6 Å². The molecule has 1 aromatic rings. The maximum absolute atomic E-state index is 12.3. The van der Waals surface area contributed by atoms with Crippen molar-refractivity contribution in [3.8, 4) is 0 Å². The molecule has 0 saturated carbocycles. The number of anilines is 2. The van der Waals surface area contributed by atoms with Crippen LogP contribution in [0.2, 0.25) is 0 Å². The Kier molecular flexibility index (Phi) is 10.1. The monoisotopic (exact) mass is 576 g/mol. The van der Waals surface area contributed by atoms with Gasteiger partial charge in [-0.3, -0.25) is 9.59 Å². The highest BCUT2D eigenvalue weighted by atomic mass is 32.3. The molecule has 0 atom stereocenters. The van der Waals surface area contributed by atoms with Crippen LogP contribution in [0.1, 0.15) is 13.8 Å². The van der Waals surface area contributed by atoms with Crippen molar-refractivity contribution in [3.05, 3.63) is 29.1 Å². The third kappa shape index (κ3) is 6.46. The second-order valence-corrected chi connectivity index (χ2v) is 13.0. The van der Waals surface area contributed by atoms with Crippen LogP contribution in [0, 0.1) is 0 Å². The first-order chi connectivity index (χ1) is 16.3. The van der Waals surface area contributed by atoms with Gasteiger partial charge in [0.15, 0.2) is 0 Å². The number of fused-ring (bicyclic) bond motifs is 1. The number of amides is 2. The fourth-order valence-corrected chi connectivity index (χ4v) is 10.4. The second kappa shape index (κ2) is 12.6. The molecule has 2 N–H and O–H groups in total. The molecular weight excluding hydrogens is 557 g/mol. The van der Waals surface area contributed by atoms with Crippen LogP contribution >= 0.6 is 70.6 Å². The number of nitrogens with one attached hydrogen (secondary N) is 2. The zero-order valence-corrected chi connectivity index (χ0v) is 23.4. The summed E-state index contributed by atoms with van der Waals surface area (Å²) < 4.78 is 14.2. The van der Waals surface area contributed by atoms with E-state index in [1.807, 2.05) is 12.5 Å². The molecule has 3 rings (SSSR count). The molecule has 34 heavy (non-hydrogen) atoms. The maximum Gasteiger partial charge on any atom is 0.397 e. The van der Waals surface area contributed by atoms with Gasteiger partial charge in [0, 0.05) is 9.79 Å². The molecule has 1 aromatic carbocycles. The van der Waals surface area contributed by atoms with Gasteiger partial charge in [0.25, 0.3) is 0 Å². The van der Waals surface area contributed by atoms with Crippen LogP contribution in [0.4, 0.5) is 11.4 Å². The first-order valence-electron chi connectivity index (χ1n) is 9.73. The van der Waals surface area contributed by atoms with E-state index in [1.165, 1.54) is 8.47 Å². The lowest BCUT2D eigenvalue weighted by molar-refractivity contribution is -0.152. The molecule has 2 aliphatic heterocycles. The van der Waals surface area contributed by atoms with E-state index in [0.29, 0.717) is 0 Å². The predicted octanol–water partition coefficient (Wildman–Crippen LogP) is 5.35. The predicted molar refractivity (Wildman–Crippen MR) is 145 cm³/mol. The SMILES string of the molecule is CCOC(=O)C(=O)Nc1cc2c(cc1NC(=O)C(=O)OCC)SC(=C1SC(SC)=C(SC)S1)S2. The van der Waals surface area contributed by atoms with E-state index in [2.05, 4.69) is 10.6 Å². The van der Waals surface area contributed by atoms with Crippen molar-refractivity contribution in [1.29, 1.82) is 0 Å². The van der Waals surface area contributed by atoms with Gasteiger partial charge in [0.05, 0.1) is 41.5 Å². The Labute approximate surface area is 222 Å². The largest absolute Gasteiger partial charge is 0.459 e. The van der Waals surface area contributed by atoms with Gasteiger partial charge in [-0.25, -0.2) is 9.59 Å². The van der Waals surface area contributed by atoms with E-state index < -0.39 is 23.8 Å². The van der Waals surface area contributed by atoms with Gasteiger partial charge < -0.3 is 20.1 Å². The first-order valence-corrected chi connectivity index (χ1v) is 15.4. The van der Waals surface area contributed by atoms with Crippen molar-refractivity contribution in [3.63, 3.8) is 0 Å².